The van der Waals surface area contributed by atoms with E-state index in [1.54, 1.807) is 27.0 Å². The lowest BCUT2D eigenvalue weighted by molar-refractivity contribution is -0.136. The molecular weight excluding hydrogens is 458 g/mol. The van der Waals surface area contributed by atoms with E-state index in [4.69, 9.17) is 16.7 Å². The molecule has 0 aliphatic carbocycles. The first-order valence-electron chi connectivity index (χ1n) is 11.7. The number of hydrogen-bond donors (Lipinski definition) is 2. The minimum absolute atomic E-state index is 0.0261. The number of hydrogen-bond acceptors (Lipinski definition) is 3. The maximum absolute atomic E-state index is 11.5. The quantitative estimate of drug-likeness (QED) is 0.303. The van der Waals surface area contributed by atoms with Gasteiger partial charge in [-0.3, -0.25) is 9.78 Å². The fraction of sp³-hybridized carbons (Fsp3) is 0.267. The van der Waals surface area contributed by atoms with Gasteiger partial charge in [0.05, 0.1) is 17.7 Å². The predicted molar refractivity (Wildman–Crippen MR) is 147 cm³/mol. The Balaban J connectivity index is 0.000000551. The fourth-order valence-corrected chi connectivity index (χ4v) is 3.73. The van der Waals surface area contributed by atoms with Crippen molar-refractivity contribution < 1.29 is 15.0 Å². The smallest absolute Gasteiger partial charge is 0.307 e. The molecule has 184 valence electrons. The molecule has 2 N–H and O–H groups in total. The fourth-order valence-electron chi connectivity index (χ4n) is 3.61. The van der Waals surface area contributed by atoms with Crippen LogP contribution in [0, 0.1) is 6.92 Å². The Bertz CT molecular complexity index is 1260. The molecule has 0 bridgehead atoms. The summed E-state index contributed by atoms with van der Waals surface area (Å²) in [4.78, 5) is 15.9. The molecule has 0 fully saturated rings. The molecule has 5 heteroatoms. The molecule has 0 amide bonds. The second kappa shape index (κ2) is 12.5. The first kappa shape index (κ1) is 28.0. The number of aliphatic carboxylic acids is 1. The topological polar surface area (TPSA) is 70.4 Å². The average Bonchev–Trinajstić information content (AvgIpc) is 2.81. The number of halogens is 1. The van der Waals surface area contributed by atoms with Crippen molar-refractivity contribution in [3.63, 3.8) is 0 Å². The minimum atomic E-state index is -0.845. The Labute approximate surface area is 213 Å². The third-order valence-corrected chi connectivity index (χ3v) is 5.14. The number of aromatic nitrogens is 1. The zero-order valence-corrected chi connectivity index (χ0v) is 22.0. The summed E-state index contributed by atoms with van der Waals surface area (Å²) in [5, 5.41) is 20.7. The molecule has 0 atom stereocenters. The number of aryl methyl sites for hydroxylation is 1. The molecule has 1 heterocycles. The summed E-state index contributed by atoms with van der Waals surface area (Å²) in [6.07, 6.45) is 1.75. The SMILES string of the molecule is CC.CC(C)(C)O.Cc1cc2cc(-c3ccccn3)ccc2c(-c2ccc(Cl)cc2)c1CC(=O)O. The average molecular weight is 492 g/mol. The summed E-state index contributed by atoms with van der Waals surface area (Å²) in [6.45, 7) is 11.2. The van der Waals surface area contributed by atoms with Crippen LogP contribution < -0.4 is 0 Å². The zero-order chi connectivity index (χ0) is 26.2. The highest BCUT2D eigenvalue weighted by Crippen LogP contribution is 2.37. The van der Waals surface area contributed by atoms with E-state index in [9.17, 15) is 9.90 Å². The van der Waals surface area contributed by atoms with E-state index in [0.717, 1.165) is 44.3 Å². The van der Waals surface area contributed by atoms with Gasteiger partial charge >= 0.3 is 5.97 Å². The minimum Gasteiger partial charge on any atom is -0.481 e. The number of fused-ring (bicyclic) bond motifs is 1. The van der Waals surface area contributed by atoms with Crippen LogP contribution in [-0.4, -0.2) is 26.8 Å². The number of rotatable bonds is 4. The Hall–Kier alpha value is -3.21. The predicted octanol–water partition coefficient (Wildman–Crippen LogP) is 7.96. The lowest BCUT2D eigenvalue weighted by atomic mass is 9.88. The molecule has 0 saturated carbocycles. The van der Waals surface area contributed by atoms with Crippen LogP contribution in [0.1, 0.15) is 45.7 Å². The lowest BCUT2D eigenvalue weighted by Gasteiger charge is -2.16. The Morgan fingerprint density at radius 1 is 0.943 bits per heavy atom. The highest BCUT2D eigenvalue weighted by atomic mass is 35.5. The second-order valence-electron chi connectivity index (χ2n) is 8.95. The van der Waals surface area contributed by atoms with Gasteiger partial charge in [-0.05, 0) is 91.1 Å². The molecule has 4 rings (SSSR count). The standard InChI is InChI=1S/C24H18ClNO2.C4H10O.C2H6/c1-15-12-18-13-17(22-4-2-3-11-26-22)7-10-20(18)24(21(15)14-23(27)28)16-5-8-19(25)9-6-16;1-4(2,3)5;1-2/h2-13H,14H2,1H3,(H,27,28);5H,1-3H3;1-2H3. The van der Waals surface area contributed by atoms with Crippen LogP contribution in [0.3, 0.4) is 0 Å². The zero-order valence-electron chi connectivity index (χ0n) is 21.3. The van der Waals surface area contributed by atoms with Crippen LogP contribution >= 0.6 is 11.6 Å². The van der Waals surface area contributed by atoms with E-state index in [0.29, 0.717) is 5.02 Å². The first-order chi connectivity index (χ1) is 16.5. The van der Waals surface area contributed by atoms with Crippen LogP contribution in [0.4, 0.5) is 0 Å². The number of aliphatic hydroxyl groups is 1. The van der Waals surface area contributed by atoms with E-state index in [1.807, 2.05) is 75.4 Å². The van der Waals surface area contributed by atoms with Gasteiger partial charge in [-0.2, -0.15) is 0 Å². The van der Waals surface area contributed by atoms with Crippen molar-refractivity contribution in [2.45, 2.75) is 53.6 Å². The molecule has 0 radical (unpaired) electrons. The normalized spacial score (nSPS) is 10.6. The summed E-state index contributed by atoms with van der Waals surface area (Å²) < 4.78 is 0. The van der Waals surface area contributed by atoms with Crippen LogP contribution in [0.25, 0.3) is 33.2 Å². The van der Waals surface area contributed by atoms with Crippen LogP contribution in [0.2, 0.25) is 5.02 Å². The molecule has 1 aromatic heterocycles. The van der Waals surface area contributed by atoms with Crippen molar-refractivity contribution in [3.05, 3.63) is 89.1 Å². The van der Waals surface area contributed by atoms with E-state index in [-0.39, 0.29) is 6.42 Å². The number of pyridine rings is 1. The van der Waals surface area contributed by atoms with Crippen molar-refractivity contribution in [1.29, 1.82) is 0 Å². The van der Waals surface area contributed by atoms with Gasteiger partial charge in [-0.25, -0.2) is 0 Å². The summed E-state index contributed by atoms with van der Waals surface area (Å²) in [7, 11) is 0. The Morgan fingerprint density at radius 3 is 2.09 bits per heavy atom. The summed E-state index contributed by atoms with van der Waals surface area (Å²) in [6, 6.07) is 21.6. The Morgan fingerprint density at radius 2 is 1.54 bits per heavy atom. The van der Waals surface area contributed by atoms with Gasteiger partial charge in [0.25, 0.3) is 0 Å². The van der Waals surface area contributed by atoms with Gasteiger partial charge in [0.15, 0.2) is 0 Å². The third-order valence-electron chi connectivity index (χ3n) is 4.89. The van der Waals surface area contributed by atoms with Gasteiger partial charge in [-0.1, -0.05) is 61.8 Å². The van der Waals surface area contributed by atoms with Crippen molar-refractivity contribution in [1.82, 2.24) is 4.98 Å². The third kappa shape index (κ3) is 8.20. The van der Waals surface area contributed by atoms with E-state index < -0.39 is 11.6 Å². The van der Waals surface area contributed by atoms with Gasteiger partial charge < -0.3 is 10.2 Å². The number of nitrogens with zero attached hydrogens (tertiary/aromatic N) is 1. The molecule has 0 unspecified atom stereocenters. The lowest BCUT2D eigenvalue weighted by Crippen LogP contribution is -2.10. The molecule has 0 aliphatic heterocycles. The number of benzene rings is 3. The van der Waals surface area contributed by atoms with Crippen molar-refractivity contribution in [2.75, 3.05) is 0 Å². The maximum Gasteiger partial charge on any atom is 0.307 e. The van der Waals surface area contributed by atoms with Crippen molar-refractivity contribution in [2.24, 2.45) is 0 Å². The second-order valence-corrected chi connectivity index (χ2v) is 9.38. The molecule has 3 aromatic carbocycles. The Kier molecular flexibility index (Phi) is 10.00. The molecular formula is C30H34ClNO3. The van der Waals surface area contributed by atoms with Gasteiger partial charge in [-0.15, -0.1) is 0 Å². The van der Waals surface area contributed by atoms with Gasteiger partial charge in [0, 0.05) is 16.8 Å². The van der Waals surface area contributed by atoms with Crippen molar-refractivity contribution in [3.8, 4) is 22.4 Å². The molecule has 35 heavy (non-hydrogen) atoms. The van der Waals surface area contributed by atoms with E-state index in [2.05, 4.69) is 17.1 Å². The number of carboxylic acid groups (broad SMARTS) is 1. The van der Waals surface area contributed by atoms with Crippen LogP contribution in [0.15, 0.2) is 72.9 Å². The maximum atomic E-state index is 11.5. The molecule has 0 aliphatic rings. The van der Waals surface area contributed by atoms with Gasteiger partial charge in [0.2, 0.25) is 0 Å². The van der Waals surface area contributed by atoms with Crippen molar-refractivity contribution >= 4 is 28.3 Å². The van der Waals surface area contributed by atoms with Gasteiger partial charge in [0.1, 0.15) is 0 Å². The van der Waals surface area contributed by atoms with E-state index >= 15 is 0 Å². The van der Waals surface area contributed by atoms with Crippen LogP contribution in [-0.2, 0) is 11.2 Å². The molecule has 0 spiro atoms. The summed E-state index contributed by atoms with van der Waals surface area (Å²) in [5.41, 5.74) is 5.12. The molecule has 0 saturated heterocycles. The van der Waals surface area contributed by atoms with Crippen LogP contribution in [0.5, 0.6) is 0 Å². The summed E-state index contributed by atoms with van der Waals surface area (Å²) >= 11 is 6.06. The molecule has 4 aromatic rings. The monoisotopic (exact) mass is 491 g/mol. The first-order valence-corrected chi connectivity index (χ1v) is 12.1. The summed E-state index contributed by atoms with van der Waals surface area (Å²) in [5.74, 6) is -0.845. The largest absolute Gasteiger partial charge is 0.481 e. The molecule has 4 nitrogen and oxygen atoms in total. The number of carbonyl (C=O) groups is 1. The highest BCUT2D eigenvalue weighted by molar-refractivity contribution is 6.30. The highest BCUT2D eigenvalue weighted by Gasteiger charge is 2.16. The number of carboxylic acids is 1. The van der Waals surface area contributed by atoms with E-state index in [1.165, 1.54) is 0 Å².